The van der Waals surface area contributed by atoms with Gasteiger partial charge in [-0.25, -0.2) is 14.6 Å². The molecule has 1 aromatic carbocycles. The van der Waals surface area contributed by atoms with Crippen LogP contribution in [-0.4, -0.2) is 46.4 Å². The van der Waals surface area contributed by atoms with Crippen LogP contribution in [0.1, 0.15) is 56.9 Å². The summed E-state index contributed by atoms with van der Waals surface area (Å²) in [7, 11) is -1.59. The maximum Gasteiger partial charge on any atom is 0.320 e. The number of rotatable bonds is 13. The molecule has 200 valence electrons. The van der Waals surface area contributed by atoms with Crippen molar-refractivity contribution in [3.8, 4) is 5.75 Å². The summed E-state index contributed by atoms with van der Waals surface area (Å²) in [4.78, 5) is 16.4. The Hall–Kier alpha value is -2.78. The topological polar surface area (TPSA) is 122 Å². The number of hydrogen-bond donors (Lipinski definition) is 2. The summed E-state index contributed by atoms with van der Waals surface area (Å²) in [5, 5.41) is 7.41. The highest BCUT2D eigenvalue weighted by Crippen LogP contribution is 2.39. The van der Waals surface area contributed by atoms with Gasteiger partial charge < -0.3 is 24.3 Å². The fourth-order valence-electron chi connectivity index (χ4n) is 4.13. The van der Waals surface area contributed by atoms with Crippen molar-refractivity contribution in [1.82, 2.24) is 19.7 Å². The van der Waals surface area contributed by atoms with Crippen molar-refractivity contribution in [2.75, 3.05) is 25.5 Å². The van der Waals surface area contributed by atoms with Crippen molar-refractivity contribution in [3.05, 3.63) is 54.0 Å². The molecule has 37 heavy (non-hydrogen) atoms. The van der Waals surface area contributed by atoms with E-state index < -0.39 is 8.53 Å². The Labute approximate surface area is 218 Å². The van der Waals surface area contributed by atoms with Gasteiger partial charge in [0.15, 0.2) is 5.82 Å². The lowest BCUT2D eigenvalue weighted by molar-refractivity contribution is -0.143. The molecule has 3 atom stereocenters. The van der Waals surface area contributed by atoms with Gasteiger partial charge in [-0.3, -0.25) is 4.79 Å². The molecule has 11 heteroatoms. The second kappa shape index (κ2) is 13.1. The molecule has 1 saturated heterocycles. The van der Waals surface area contributed by atoms with Gasteiger partial charge in [0, 0.05) is 0 Å². The average Bonchev–Trinajstić information content (AvgIpc) is 3.55. The van der Waals surface area contributed by atoms with Crippen molar-refractivity contribution in [2.45, 2.75) is 58.7 Å². The summed E-state index contributed by atoms with van der Waals surface area (Å²) in [6.07, 6.45) is 4.81. The van der Waals surface area contributed by atoms with Gasteiger partial charge in [-0.2, -0.15) is 5.10 Å². The van der Waals surface area contributed by atoms with E-state index in [9.17, 15) is 4.79 Å². The molecule has 3 N–H and O–H groups in total. The maximum absolute atomic E-state index is 12.3. The first-order chi connectivity index (χ1) is 18.0. The van der Waals surface area contributed by atoms with E-state index in [2.05, 4.69) is 29.0 Å². The summed E-state index contributed by atoms with van der Waals surface area (Å²) in [5.41, 5.74) is 8.79. The van der Waals surface area contributed by atoms with Crippen molar-refractivity contribution < 1.29 is 23.3 Å². The van der Waals surface area contributed by atoms with Gasteiger partial charge in [0.1, 0.15) is 30.2 Å². The molecule has 3 heterocycles. The number of nitrogens with one attached hydrogen (secondary N) is 1. The first-order valence-corrected chi connectivity index (χ1v) is 13.9. The molecule has 0 radical (unpaired) electrons. The Morgan fingerprint density at radius 2 is 2.00 bits per heavy atom. The van der Waals surface area contributed by atoms with Crippen LogP contribution in [0.3, 0.4) is 0 Å². The van der Waals surface area contributed by atoms with Crippen molar-refractivity contribution in [1.29, 1.82) is 0 Å². The fraction of sp³-hybridized carbons (Fsp3) is 0.500. The van der Waals surface area contributed by atoms with Crippen molar-refractivity contribution >= 4 is 25.8 Å². The monoisotopic (exact) mass is 529 g/mol. The molecule has 2 aromatic heterocycles. The molecule has 0 bridgehead atoms. The van der Waals surface area contributed by atoms with Crippen LogP contribution in [0.2, 0.25) is 0 Å². The molecule has 1 aliphatic heterocycles. The number of aryl methyl sites for hydroxylation is 1. The van der Waals surface area contributed by atoms with E-state index in [-0.39, 0.29) is 24.7 Å². The predicted molar refractivity (Wildman–Crippen MR) is 142 cm³/mol. The molecule has 3 unspecified atom stereocenters. The van der Waals surface area contributed by atoms with Crippen molar-refractivity contribution in [2.24, 2.45) is 5.92 Å². The number of ether oxygens (including phenoxy) is 2. The Morgan fingerprint density at radius 1 is 1.22 bits per heavy atom. The van der Waals surface area contributed by atoms with Gasteiger partial charge in [-0.15, -0.1) is 0 Å². The standard InChI is InChI=1S/C26H36N5O5P/c1-4-19(5-2)15-33-25(32)14-30-37(36-20-8-6-18(3)7-9-20)34-16-21-10-13-24(35-21)22-11-12-23-26(27)28-17-29-31(22)23/h6-9,11-12,17,19,21,24,30H,4-5,10,13-16H2,1-3H3,(H2,27,28,29). The molecule has 0 aliphatic carbocycles. The number of nitrogens with two attached hydrogens (primary N) is 1. The van der Waals surface area contributed by atoms with Gasteiger partial charge in [0.2, 0.25) is 0 Å². The fourth-order valence-corrected chi connectivity index (χ4v) is 5.21. The zero-order valence-electron chi connectivity index (χ0n) is 21.6. The van der Waals surface area contributed by atoms with Crippen LogP contribution in [0.15, 0.2) is 42.7 Å². The summed E-state index contributed by atoms with van der Waals surface area (Å²) < 4.78 is 25.6. The summed E-state index contributed by atoms with van der Waals surface area (Å²) in [5.74, 6) is 1.15. The highest BCUT2D eigenvalue weighted by atomic mass is 31.2. The van der Waals surface area contributed by atoms with Gasteiger partial charge in [-0.1, -0.05) is 44.4 Å². The zero-order valence-corrected chi connectivity index (χ0v) is 22.5. The second-order valence-corrected chi connectivity index (χ2v) is 10.5. The van der Waals surface area contributed by atoms with Crippen LogP contribution in [0, 0.1) is 12.8 Å². The second-order valence-electron chi connectivity index (χ2n) is 9.18. The largest absolute Gasteiger partial charge is 0.464 e. The van der Waals surface area contributed by atoms with Crippen molar-refractivity contribution in [3.63, 3.8) is 0 Å². The number of esters is 1. The lowest BCUT2D eigenvalue weighted by atomic mass is 10.1. The Morgan fingerprint density at radius 3 is 2.76 bits per heavy atom. The number of anilines is 1. The number of nitrogens with zero attached hydrogens (tertiary/aromatic N) is 3. The van der Waals surface area contributed by atoms with E-state index in [0.717, 1.165) is 42.5 Å². The Balaban J connectivity index is 1.32. The number of fused-ring (bicyclic) bond motifs is 1. The molecule has 0 saturated carbocycles. The van der Waals surface area contributed by atoms with E-state index in [1.54, 1.807) is 4.52 Å². The molecular weight excluding hydrogens is 493 g/mol. The third-order valence-electron chi connectivity index (χ3n) is 6.52. The zero-order chi connectivity index (χ0) is 26.2. The summed E-state index contributed by atoms with van der Waals surface area (Å²) in [6, 6.07) is 11.6. The van der Waals surface area contributed by atoms with E-state index in [4.69, 9.17) is 24.3 Å². The Bertz CT molecular complexity index is 1150. The number of carbonyl (C=O) groups excluding carboxylic acids is 1. The van der Waals surface area contributed by atoms with Crippen LogP contribution in [-0.2, 0) is 18.8 Å². The van der Waals surface area contributed by atoms with Crippen LogP contribution < -0.4 is 15.3 Å². The van der Waals surface area contributed by atoms with E-state index in [0.29, 0.717) is 30.7 Å². The van der Waals surface area contributed by atoms with Crippen LogP contribution in [0.5, 0.6) is 5.75 Å². The molecule has 1 aliphatic rings. The first-order valence-electron chi connectivity index (χ1n) is 12.8. The Kier molecular flexibility index (Phi) is 9.68. The normalized spacial score (nSPS) is 18.4. The van der Waals surface area contributed by atoms with E-state index in [1.807, 2.05) is 43.3 Å². The molecule has 10 nitrogen and oxygen atoms in total. The molecule has 1 fully saturated rings. The lowest BCUT2D eigenvalue weighted by Gasteiger charge is -2.21. The summed E-state index contributed by atoms with van der Waals surface area (Å²) >= 11 is 0. The highest BCUT2D eigenvalue weighted by Gasteiger charge is 2.30. The number of aromatic nitrogens is 3. The third kappa shape index (κ3) is 7.38. The number of hydrogen-bond acceptors (Lipinski definition) is 9. The number of benzene rings is 1. The highest BCUT2D eigenvalue weighted by molar-refractivity contribution is 7.45. The van der Waals surface area contributed by atoms with E-state index >= 15 is 0 Å². The van der Waals surface area contributed by atoms with Crippen LogP contribution in [0.4, 0.5) is 5.82 Å². The number of nitrogen functional groups attached to an aromatic ring is 1. The first kappa shape index (κ1) is 27.3. The lowest BCUT2D eigenvalue weighted by Crippen LogP contribution is -2.26. The smallest absolute Gasteiger partial charge is 0.320 e. The minimum atomic E-state index is -1.59. The minimum Gasteiger partial charge on any atom is -0.464 e. The molecule has 4 rings (SSSR count). The van der Waals surface area contributed by atoms with Gasteiger partial charge >= 0.3 is 14.5 Å². The van der Waals surface area contributed by atoms with Crippen LogP contribution in [0.25, 0.3) is 5.52 Å². The maximum atomic E-state index is 12.3. The van der Waals surface area contributed by atoms with Gasteiger partial charge in [0.05, 0.1) is 25.0 Å². The minimum absolute atomic E-state index is 0.00311. The van der Waals surface area contributed by atoms with Crippen LogP contribution >= 0.6 is 8.53 Å². The van der Waals surface area contributed by atoms with E-state index in [1.165, 1.54) is 6.33 Å². The quantitative estimate of drug-likeness (QED) is 0.239. The SMILES string of the molecule is CCC(CC)COC(=O)CNP(OCC1CCC(c2ccc3c(N)ncnn23)O1)Oc1ccc(C)cc1. The molecule has 0 spiro atoms. The van der Waals surface area contributed by atoms with Gasteiger partial charge in [0.25, 0.3) is 0 Å². The predicted octanol–water partition coefficient (Wildman–Crippen LogP) is 4.73. The van der Waals surface area contributed by atoms with Gasteiger partial charge in [-0.05, 0) is 49.9 Å². The molecule has 3 aromatic rings. The molecule has 0 amide bonds. The summed E-state index contributed by atoms with van der Waals surface area (Å²) in [6.45, 7) is 6.96. The number of carbonyl (C=O) groups is 1. The third-order valence-corrected chi connectivity index (χ3v) is 7.70. The molecular formula is C26H36N5O5P. The average molecular weight is 530 g/mol.